The summed E-state index contributed by atoms with van der Waals surface area (Å²) in [5.74, 6) is 0.271. The standard InChI is InChI=1S/C16H29N3O3/c1-16(2,3)22-15(21)17(4)13-7-10-18(11-8-13)12-19-9-5-6-14(19)20/h13H,5-12H2,1-4H3. The Bertz CT molecular complexity index is 411. The zero-order valence-corrected chi connectivity index (χ0v) is 14.3. The van der Waals surface area contributed by atoms with Gasteiger partial charge in [-0.1, -0.05) is 0 Å². The van der Waals surface area contributed by atoms with E-state index in [1.165, 1.54) is 0 Å². The molecule has 0 aliphatic carbocycles. The Morgan fingerprint density at radius 3 is 2.41 bits per heavy atom. The topological polar surface area (TPSA) is 53.1 Å². The van der Waals surface area contributed by atoms with E-state index < -0.39 is 5.60 Å². The Kier molecular flexibility index (Phi) is 5.32. The van der Waals surface area contributed by atoms with Crippen molar-refractivity contribution >= 4 is 12.0 Å². The lowest BCUT2D eigenvalue weighted by Crippen LogP contribution is -2.49. The third-order valence-electron chi connectivity index (χ3n) is 4.33. The van der Waals surface area contributed by atoms with Gasteiger partial charge in [0.25, 0.3) is 0 Å². The maximum atomic E-state index is 12.1. The van der Waals surface area contributed by atoms with E-state index in [2.05, 4.69) is 4.90 Å². The highest BCUT2D eigenvalue weighted by atomic mass is 16.6. The molecule has 0 bridgehead atoms. The molecule has 0 aromatic heterocycles. The maximum absolute atomic E-state index is 12.1. The number of amides is 2. The lowest BCUT2D eigenvalue weighted by Gasteiger charge is -2.38. The molecule has 0 saturated carbocycles. The number of carbonyl (C=O) groups is 2. The number of rotatable bonds is 3. The second-order valence-corrected chi connectivity index (χ2v) is 7.34. The summed E-state index contributed by atoms with van der Waals surface area (Å²) >= 11 is 0. The van der Waals surface area contributed by atoms with Crippen molar-refractivity contribution in [2.75, 3.05) is 33.4 Å². The monoisotopic (exact) mass is 311 g/mol. The molecule has 6 heteroatoms. The van der Waals surface area contributed by atoms with Gasteiger partial charge in [0.15, 0.2) is 0 Å². The number of carbonyl (C=O) groups excluding carboxylic acids is 2. The third-order valence-corrected chi connectivity index (χ3v) is 4.33. The fraction of sp³-hybridized carbons (Fsp3) is 0.875. The summed E-state index contributed by atoms with van der Waals surface area (Å²) in [5, 5.41) is 0. The first kappa shape index (κ1) is 17.1. The normalized spacial score (nSPS) is 21.3. The van der Waals surface area contributed by atoms with Crippen LogP contribution in [0.5, 0.6) is 0 Å². The first-order chi connectivity index (χ1) is 10.3. The van der Waals surface area contributed by atoms with Crippen molar-refractivity contribution in [1.29, 1.82) is 0 Å². The van der Waals surface area contributed by atoms with Gasteiger partial charge in [0.2, 0.25) is 5.91 Å². The zero-order chi connectivity index (χ0) is 16.3. The van der Waals surface area contributed by atoms with Crippen LogP contribution < -0.4 is 0 Å². The fourth-order valence-electron chi connectivity index (χ4n) is 3.03. The van der Waals surface area contributed by atoms with Crippen molar-refractivity contribution in [1.82, 2.24) is 14.7 Å². The van der Waals surface area contributed by atoms with Gasteiger partial charge in [-0.05, 0) is 40.0 Å². The highest BCUT2D eigenvalue weighted by molar-refractivity contribution is 5.77. The van der Waals surface area contributed by atoms with Gasteiger partial charge < -0.3 is 14.5 Å². The van der Waals surface area contributed by atoms with Crippen molar-refractivity contribution in [2.45, 2.75) is 58.1 Å². The second kappa shape index (κ2) is 6.86. The van der Waals surface area contributed by atoms with Gasteiger partial charge in [0.1, 0.15) is 5.60 Å². The van der Waals surface area contributed by atoms with Crippen LogP contribution in [0.2, 0.25) is 0 Å². The van der Waals surface area contributed by atoms with Crippen molar-refractivity contribution < 1.29 is 14.3 Å². The summed E-state index contributed by atoms with van der Waals surface area (Å²) in [5.41, 5.74) is -0.456. The molecular formula is C16H29N3O3. The minimum Gasteiger partial charge on any atom is -0.444 e. The molecule has 0 aromatic carbocycles. The molecule has 2 saturated heterocycles. The molecule has 0 spiro atoms. The molecule has 2 aliphatic heterocycles. The summed E-state index contributed by atoms with van der Waals surface area (Å²) in [4.78, 5) is 29.7. The lowest BCUT2D eigenvalue weighted by atomic mass is 10.0. The molecule has 0 radical (unpaired) electrons. The smallest absolute Gasteiger partial charge is 0.410 e. The van der Waals surface area contributed by atoms with Crippen molar-refractivity contribution in [2.24, 2.45) is 0 Å². The first-order valence-corrected chi connectivity index (χ1v) is 8.22. The van der Waals surface area contributed by atoms with Crippen LogP contribution in [0, 0.1) is 0 Å². The largest absolute Gasteiger partial charge is 0.444 e. The SMILES string of the molecule is CN(C(=O)OC(C)(C)C)C1CCN(CN2CCCC2=O)CC1. The van der Waals surface area contributed by atoms with Gasteiger partial charge in [0.05, 0.1) is 6.67 Å². The molecule has 6 nitrogen and oxygen atoms in total. The van der Waals surface area contributed by atoms with E-state index in [0.29, 0.717) is 6.42 Å². The predicted octanol–water partition coefficient (Wildman–Crippen LogP) is 1.90. The van der Waals surface area contributed by atoms with Crippen LogP contribution in [-0.4, -0.2) is 71.7 Å². The molecule has 22 heavy (non-hydrogen) atoms. The van der Waals surface area contributed by atoms with Crippen LogP contribution in [0.1, 0.15) is 46.5 Å². The van der Waals surface area contributed by atoms with Gasteiger partial charge in [-0.25, -0.2) is 4.79 Å². The Hall–Kier alpha value is -1.30. The summed E-state index contributed by atoms with van der Waals surface area (Å²) < 4.78 is 5.42. The maximum Gasteiger partial charge on any atom is 0.410 e. The summed E-state index contributed by atoms with van der Waals surface area (Å²) in [6.45, 7) is 9.11. The molecule has 2 fully saturated rings. The molecule has 126 valence electrons. The Morgan fingerprint density at radius 2 is 1.91 bits per heavy atom. The zero-order valence-electron chi connectivity index (χ0n) is 14.3. The van der Waals surface area contributed by atoms with Crippen molar-refractivity contribution in [3.63, 3.8) is 0 Å². The first-order valence-electron chi connectivity index (χ1n) is 8.22. The molecule has 0 aromatic rings. The molecule has 0 N–H and O–H groups in total. The van der Waals surface area contributed by atoms with Gasteiger partial charge >= 0.3 is 6.09 Å². The number of likely N-dealkylation sites (tertiary alicyclic amines) is 2. The molecule has 0 unspecified atom stereocenters. The Morgan fingerprint density at radius 1 is 1.27 bits per heavy atom. The van der Waals surface area contributed by atoms with Crippen LogP contribution in [0.4, 0.5) is 4.79 Å². The molecule has 2 rings (SSSR count). The van der Waals surface area contributed by atoms with E-state index >= 15 is 0 Å². The molecule has 2 aliphatic rings. The average molecular weight is 311 g/mol. The predicted molar refractivity (Wildman–Crippen MR) is 84.4 cm³/mol. The minimum atomic E-state index is -0.456. The van der Waals surface area contributed by atoms with E-state index in [0.717, 1.165) is 45.6 Å². The molecule has 0 atom stereocenters. The van der Waals surface area contributed by atoms with Gasteiger partial charge in [-0.2, -0.15) is 0 Å². The van der Waals surface area contributed by atoms with Crippen LogP contribution in [0.25, 0.3) is 0 Å². The van der Waals surface area contributed by atoms with Crippen molar-refractivity contribution in [3.05, 3.63) is 0 Å². The van der Waals surface area contributed by atoms with Crippen molar-refractivity contribution in [3.8, 4) is 0 Å². The van der Waals surface area contributed by atoms with E-state index in [1.807, 2.05) is 32.7 Å². The number of hydrogen-bond acceptors (Lipinski definition) is 4. The summed E-state index contributed by atoms with van der Waals surface area (Å²) in [6, 6.07) is 0.223. The Labute approximate surface area is 133 Å². The van der Waals surface area contributed by atoms with E-state index in [-0.39, 0.29) is 18.0 Å². The second-order valence-electron chi connectivity index (χ2n) is 7.34. The van der Waals surface area contributed by atoms with Gasteiger partial charge in [-0.15, -0.1) is 0 Å². The Balaban J connectivity index is 1.76. The molecule has 2 heterocycles. The summed E-state index contributed by atoms with van der Waals surface area (Å²) in [6.07, 6.45) is 3.28. The van der Waals surface area contributed by atoms with Gasteiger partial charge in [-0.3, -0.25) is 9.69 Å². The van der Waals surface area contributed by atoms with Crippen LogP contribution >= 0.6 is 0 Å². The van der Waals surface area contributed by atoms with Gasteiger partial charge in [0, 0.05) is 39.1 Å². The third kappa shape index (κ3) is 4.60. The lowest BCUT2D eigenvalue weighted by molar-refractivity contribution is -0.129. The fourth-order valence-corrected chi connectivity index (χ4v) is 3.03. The van der Waals surface area contributed by atoms with E-state index in [4.69, 9.17) is 4.74 Å². The highest BCUT2D eigenvalue weighted by Gasteiger charge is 2.30. The summed E-state index contributed by atoms with van der Waals surface area (Å²) in [7, 11) is 1.82. The number of ether oxygens (including phenoxy) is 1. The number of hydrogen-bond donors (Lipinski definition) is 0. The van der Waals surface area contributed by atoms with Crippen LogP contribution in [0.15, 0.2) is 0 Å². The van der Waals surface area contributed by atoms with E-state index in [1.54, 1.807) is 4.90 Å². The molecular weight excluding hydrogens is 282 g/mol. The van der Waals surface area contributed by atoms with E-state index in [9.17, 15) is 9.59 Å². The quantitative estimate of drug-likeness (QED) is 0.799. The van der Waals surface area contributed by atoms with Crippen LogP contribution in [-0.2, 0) is 9.53 Å². The number of nitrogens with zero attached hydrogens (tertiary/aromatic N) is 3. The number of piperidine rings is 1. The highest BCUT2D eigenvalue weighted by Crippen LogP contribution is 2.19. The average Bonchev–Trinajstić information content (AvgIpc) is 2.82. The molecule has 2 amide bonds. The minimum absolute atomic E-state index is 0.223. The van der Waals surface area contributed by atoms with Crippen LogP contribution in [0.3, 0.4) is 0 Å².